The standard InChI is InChI=1S/C12H26N2OS/c1-15-12-6-3-7-14(10-12)11(9-13)5-4-8-16-2/h11-12H,3-10,13H2,1-2H3. The van der Waals surface area contributed by atoms with E-state index in [1.54, 1.807) is 0 Å². The van der Waals surface area contributed by atoms with Crippen LogP contribution in [0.3, 0.4) is 0 Å². The maximum Gasteiger partial charge on any atom is 0.0698 e. The third kappa shape index (κ3) is 4.62. The summed E-state index contributed by atoms with van der Waals surface area (Å²) in [5.41, 5.74) is 5.88. The fourth-order valence-corrected chi connectivity index (χ4v) is 2.86. The molecule has 1 rings (SSSR count). The number of ether oxygens (including phenoxy) is 1. The van der Waals surface area contributed by atoms with Gasteiger partial charge in [0.15, 0.2) is 0 Å². The first-order valence-corrected chi connectivity index (χ1v) is 7.67. The van der Waals surface area contributed by atoms with Crippen LogP contribution in [0.15, 0.2) is 0 Å². The Balaban J connectivity index is 2.32. The Labute approximate surface area is 104 Å². The summed E-state index contributed by atoms with van der Waals surface area (Å²) in [6.07, 6.45) is 7.54. The van der Waals surface area contributed by atoms with E-state index in [9.17, 15) is 0 Å². The molecule has 0 aromatic heterocycles. The maximum atomic E-state index is 5.88. The van der Waals surface area contributed by atoms with Crippen molar-refractivity contribution in [3.8, 4) is 0 Å². The van der Waals surface area contributed by atoms with Crippen molar-refractivity contribution in [1.82, 2.24) is 4.90 Å². The zero-order valence-electron chi connectivity index (χ0n) is 10.7. The molecule has 96 valence electrons. The Kier molecular flexibility index (Phi) is 7.45. The lowest BCUT2D eigenvalue weighted by molar-refractivity contribution is 0.0144. The van der Waals surface area contributed by atoms with E-state index < -0.39 is 0 Å². The summed E-state index contributed by atoms with van der Waals surface area (Å²) in [4.78, 5) is 2.53. The Hall–Kier alpha value is 0.230. The molecule has 0 saturated carbocycles. The van der Waals surface area contributed by atoms with E-state index in [2.05, 4.69) is 11.2 Å². The predicted molar refractivity (Wildman–Crippen MR) is 72.1 cm³/mol. The van der Waals surface area contributed by atoms with Gasteiger partial charge in [0.05, 0.1) is 6.10 Å². The normalized spacial score (nSPS) is 24.6. The van der Waals surface area contributed by atoms with Crippen LogP contribution in [-0.4, -0.2) is 55.8 Å². The molecule has 0 aromatic carbocycles. The van der Waals surface area contributed by atoms with Gasteiger partial charge in [-0.15, -0.1) is 0 Å². The van der Waals surface area contributed by atoms with Crippen molar-refractivity contribution >= 4 is 11.8 Å². The Morgan fingerprint density at radius 3 is 3.00 bits per heavy atom. The highest BCUT2D eigenvalue weighted by Gasteiger charge is 2.24. The molecule has 0 spiro atoms. The second-order valence-electron chi connectivity index (χ2n) is 4.52. The van der Waals surface area contributed by atoms with Crippen molar-refractivity contribution in [3.05, 3.63) is 0 Å². The number of rotatable bonds is 7. The summed E-state index contributed by atoms with van der Waals surface area (Å²) in [6.45, 7) is 3.05. The van der Waals surface area contributed by atoms with Crippen molar-refractivity contribution in [1.29, 1.82) is 0 Å². The van der Waals surface area contributed by atoms with Crippen molar-refractivity contribution in [2.45, 2.75) is 37.8 Å². The van der Waals surface area contributed by atoms with Gasteiger partial charge in [0.1, 0.15) is 0 Å². The molecule has 4 heteroatoms. The van der Waals surface area contributed by atoms with Crippen LogP contribution in [0, 0.1) is 0 Å². The summed E-state index contributed by atoms with van der Waals surface area (Å²) >= 11 is 1.92. The lowest BCUT2D eigenvalue weighted by Gasteiger charge is -2.37. The molecule has 0 aromatic rings. The summed E-state index contributed by atoms with van der Waals surface area (Å²) in [7, 11) is 1.82. The molecule has 1 heterocycles. The van der Waals surface area contributed by atoms with Gasteiger partial charge in [0.25, 0.3) is 0 Å². The first-order chi connectivity index (χ1) is 7.81. The lowest BCUT2D eigenvalue weighted by Crippen LogP contribution is -2.48. The molecule has 2 unspecified atom stereocenters. The molecule has 0 radical (unpaired) electrons. The molecule has 0 amide bonds. The molecule has 1 fully saturated rings. The molecule has 16 heavy (non-hydrogen) atoms. The number of thioether (sulfide) groups is 1. The first kappa shape index (κ1) is 14.3. The number of methoxy groups -OCH3 is 1. The second-order valence-corrected chi connectivity index (χ2v) is 5.51. The quantitative estimate of drug-likeness (QED) is 0.692. The second kappa shape index (κ2) is 8.34. The minimum absolute atomic E-state index is 0.420. The van der Waals surface area contributed by atoms with E-state index in [4.69, 9.17) is 10.5 Å². The van der Waals surface area contributed by atoms with Gasteiger partial charge in [-0.3, -0.25) is 4.90 Å². The smallest absolute Gasteiger partial charge is 0.0698 e. The molecule has 1 aliphatic heterocycles. The first-order valence-electron chi connectivity index (χ1n) is 6.27. The highest BCUT2D eigenvalue weighted by atomic mass is 32.2. The van der Waals surface area contributed by atoms with Gasteiger partial charge in [-0.05, 0) is 44.2 Å². The fourth-order valence-electron chi connectivity index (χ4n) is 2.40. The van der Waals surface area contributed by atoms with Crippen LogP contribution in [-0.2, 0) is 4.74 Å². The lowest BCUT2D eigenvalue weighted by atomic mass is 10.0. The fraction of sp³-hybridized carbons (Fsp3) is 1.00. The minimum Gasteiger partial charge on any atom is -0.380 e. The highest BCUT2D eigenvalue weighted by Crippen LogP contribution is 2.17. The maximum absolute atomic E-state index is 5.88. The number of hydrogen-bond donors (Lipinski definition) is 1. The van der Waals surface area contributed by atoms with Crippen LogP contribution in [0.25, 0.3) is 0 Å². The predicted octanol–water partition coefficient (Wildman–Crippen LogP) is 1.57. The topological polar surface area (TPSA) is 38.5 Å². The van der Waals surface area contributed by atoms with Gasteiger partial charge in [-0.25, -0.2) is 0 Å². The van der Waals surface area contributed by atoms with Gasteiger partial charge < -0.3 is 10.5 Å². The Morgan fingerprint density at radius 1 is 1.56 bits per heavy atom. The van der Waals surface area contributed by atoms with Crippen LogP contribution in [0.2, 0.25) is 0 Å². The Bertz CT molecular complexity index is 180. The van der Waals surface area contributed by atoms with Gasteiger partial charge >= 0.3 is 0 Å². The van der Waals surface area contributed by atoms with Gasteiger partial charge in [0, 0.05) is 26.2 Å². The number of likely N-dealkylation sites (tertiary alicyclic amines) is 1. The van der Waals surface area contributed by atoms with Crippen molar-refractivity contribution in [2.24, 2.45) is 5.73 Å². The molecule has 1 aliphatic rings. The van der Waals surface area contributed by atoms with Crippen LogP contribution in [0.1, 0.15) is 25.7 Å². The molecule has 2 N–H and O–H groups in total. The summed E-state index contributed by atoms with van der Waals surface area (Å²) < 4.78 is 5.46. The molecule has 3 nitrogen and oxygen atoms in total. The third-order valence-electron chi connectivity index (χ3n) is 3.42. The summed E-state index contributed by atoms with van der Waals surface area (Å²) in [5, 5.41) is 0. The zero-order valence-corrected chi connectivity index (χ0v) is 11.5. The molecular weight excluding hydrogens is 220 g/mol. The summed E-state index contributed by atoms with van der Waals surface area (Å²) in [5.74, 6) is 1.25. The van der Waals surface area contributed by atoms with Gasteiger partial charge in [0.2, 0.25) is 0 Å². The van der Waals surface area contributed by atoms with Crippen molar-refractivity contribution in [2.75, 3.05) is 38.8 Å². The SMILES string of the molecule is COC1CCCN(C(CN)CCCSC)C1. The number of nitrogens with zero attached hydrogens (tertiary/aromatic N) is 1. The van der Waals surface area contributed by atoms with Crippen molar-refractivity contribution < 1.29 is 4.74 Å². The van der Waals surface area contributed by atoms with E-state index in [1.165, 1.54) is 38.0 Å². The Morgan fingerprint density at radius 2 is 2.38 bits per heavy atom. The molecule has 1 saturated heterocycles. The van der Waals surface area contributed by atoms with E-state index in [1.807, 2.05) is 18.9 Å². The average molecular weight is 246 g/mol. The van der Waals surface area contributed by atoms with E-state index in [-0.39, 0.29) is 0 Å². The summed E-state index contributed by atoms with van der Waals surface area (Å²) in [6, 6.07) is 0.560. The monoisotopic (exact) mass is 246 g/mol. The van der Waals surface area contributed by atoms with E-state index in [0.717, 1.165) is 13.1 Å². The van der Waals surface area contributed by atoms with Gasteiger partial charge in [-0.2, -0.15) is 11.8 Å². The van der Waals surface area contributed by atoms with Crippen LogP contribution >= 0.6 is 11.8 Å². The van der Waals surface area contributed by atoms with Crippen LogP contribution in [0.4, 0.5) is 0 Å². The van der Waals surface area contributed by atoms with Crippen LogP contribution in [0.5, 0.6) is 0 Å². The highest BCUT2D eigenvalue weighted by molar-refractivity contribution is 7.98. The van der Waals surface area contributed by atoms with E-state index in [0.29, 0.717) is 12.1 Å². The molecule has 0 bridgehead atoms. The van der Waals surface area contributed by atoms with Crippen LogP contribution < -0.4 is 5.73 Å². The van der Waals surface area contributed by atoms with Crippen molar-refractivity contribution in [3.63, 3.8) is 0 Å². The number of piperidine rings is 1. The largest absolute Gasteiger partial charge is 0.380 e. The molecule has 0 aliphatic carbocycles. The molecule has 2 atom stereocenters. The zero-order chi connectivity index (χ0) is 11.8. The minimum atomic E-state index is 0.420. The number of hydrogen-bond acceptors (Lipinski definition) is 4. The molecular formula is C12H26N2OS. The average Bonchev–Trinajstić information content (AvgIpc) is 2.35. The third-order valence-corrected chi connectivity index (χ3v) is 4.11. The van der Waals surface area contributed by atoms with E-state index >= 15 is 0 Å². The number of nitrogens with two attached hydrogens (primary N) is 1. The van der Waals surface area contributed by atoms with Gasteiger partial charge in [-0.1, -0.05) is 0 Å².